The second-order valence-corrected chi connectivity index (χ2v) is 8.55. The van der Waals surface area contributed by atoms with E-state index in [1.807, 2.05) is 71.6 Å². The van der Waals surface area contributed by atoms with Crippen molar-refractivity contribution in [2.24, 2.45) is 0 Å². The SMILES string of the molecule is Cc1cccc(N2C(=O)CS[C@@H]2c2ccc(NC(=O)Cc3ccccc3)cc2)c1C. The van der Waals surface area contributed by atoms with E-state index in [0.29, 0.717) is 12.2 Å². The largest absolute Gasteiger partial charge is 0.326 e. The summed E-state index contributed by atoms with van der Waals surface area (Å²) in [7, 11) is 0. The lowest BCUT2D eigenvalue weighted by Crippen LogP contribution is -2.28. The molecular formula is C25H24N2O2S. The Kier molecular flexibility index (Phi) is 5.91. The van der Waals surface area contributed by atoms with Gasteiger partial charge in [0.1, 0.15) is 5.37 Å². The van der Waals surface area contributed by atoms with Crippen molar-refractivity contribution in [3.63, 3.8) is 0 Å². The highest BCUT2D eigenvalue weighted by Gasteiger charge is 2.34. The molecule has 0 aromatic heterocycles. The molecule has 3 aromatic carbocycles. The molecule has 4 rings (SSSR count). The molecule has 1 N–H and O–H groups in total. The monoisotopic (exact) mass is 416 g/mol. The zero-order valence-electron chi connectivity index (χ0n) is 17.1. The highest BCUT2D eigenvalue weighted by Crippen LogP contribution is 2.43. The predicted molar refractivity (Wildman–Crippen MR) is 124 cm³/mol. The van der Waals surface area contributed by atoms with Crippen molar-refractivity contribution in [1.29, 1.82) is 0 Å². The lowest BCUT2D eigenvalue weighted by Gasteiger charge is -2.26. The molecule has 0 saturated carbocycles. The normalized spacial score (nSPS) is 16.0. The summed E-state index contributed by atoms with van der Waals surface area (Å²) in [6.07, 6.45) is 0.343. The molecule has 0 bridgehead atoms. The van der Waals surface area contributed by atoms with Gasteiger partial charge in [0, 0.05) is 11.4 Å². The van der Waals surface area contributed by atoms with Crippen LogP contribution < -0.4 is 10.2 Å². The predicted octanol–water partition coefficient (Wildman–Crippen LogP) is 5.26. The van der Waals surface area contributed by atoms with Crippen molar-refractivity contribution in [1.82, 2.24) is 0 Å². The van der Waals surface area contributed by atoms with Gasteiger partial charge >= 0.3 is 0 Å². The summed E-state index contributed by atoms with van der Waals surface area (Å²) < 4.78 is 0. The fraction of sp³-hybridized carbons (Fsp3) is 0.200. The molecule has 152 valence electrons. The molecule has 0 aliphatic carbocycles. The molecule has 5 heteroatoms. The Labute approximate surface area is 181 Å². The summed E-state index contributed by atoms with van der Waals surface area (Å²) in [5, 5.41) is 2.89. The van der Waals surface area contributed by atoms with Crippen molar-refractivity contribution in [2.45, 2.75) is 25.6 Å². The third kappa shape index (κ3) is 4.26. The van der Waals surface area contributed by atoms with E-state index in [0.717, 1.165) is 28.1 Å². The second kappa shape index (κ2) is 8.76. The molecule has 1 heterocycles. The van der Waals surface area contributed by atoms with Crippen LogP contribution in [0.25, 0.3) is 0 Å². The van der Waals surface area contributed by atoms with Crippen LogP contribution >= 0.6 is 11.8 Å². The van der Waals surface area contributed by atoms with Gasteiger partial charge in [0.25, 0.3) is 0 Å². The minimum absolute atomic E-state index is 0.0450. The number of hydrogen-bond acceptors (Lipinski definition) is 3. The molecule has 2 amide bonds. The van der Waals surface area contributed by atoms with Gasteiger partial charge in [-0.1, -0.05) is 54.6 Å². The van der Waals surface area contributed by atoms with Crippen LogP contribution in [0.5, 0.6) is 0 Å². The smallest absolute Gasteiger partial charge is 0.238 e. The van der Waals surface area contributed by atoms with Gasteiger partial charge in [0.05, 0.1) is 12.2 Å². The number of carbonyl (C=O) groups is 2. The fourth-order valence-electron chi connectivity index (χ4n) is 3.65. The molecule has 0 radical (unpaired) electrons. The Hall–Kier alpha value is -3.05. The van der Waals surface area contributed by atoms with Gasteiger partial charge in [-0.2, -0.15) is 0 Å². The van der Waals surface area contributed by atoms with Crippen molar-refractivity contribution >= 4 is 35.0 Å². The van der Waals surface area contributed by atoms with Gasteiger partial charge in [0.15, 0.2) is 0 Å². The second-order valence-electron chi connectivity index (χ2n) is 7.48. The summed E-state index contributed by atoms with van der Waals surface area (Å²) in [4.78, 5) is 26.9. The number of rotatable bonds is 5. The number of nitrogens with one attached hydrogen (secondary N) is 1. The zero-order valence-corrected chi connectivity index (χ0v) is 17.9. The van der Waals surface area contributed by atoms with Gasteiger partial charge in [-0.15, -0.1) is 11.8 Å². The lowest BCUT2D eigenvalue weighted by molar-refractivity contribution is -0.116. The Morgan fingerprint density at radius 2 is 1.73 bits per heavy atom. The van der Waals surface area contributed by atoms with Crippen LogP contribution in [0.2, 0.25) is 0 Å². The molecule has 1 atom stereocenters. The van der Waals surface area contributed by atoms with E-state index in [2.05, 4.69) is 25.2 Å². The maximum atomic E-state index is 12.7. The third-order valence-corrected chi connectivity index (χ3v) is 6.60. The molecule has 30 heavy (non-hydrogen) atoms. The number of amides is 2. The number of anilines is 2. The highest BCUT2D eigenvalue weighted by atomic mass is 32.2. The van der Waals surface area contributed by atoms with Crippen LogP contribution in [0, 0.1) is 13.8 Å². The number of thioether (sulfide) groups is 1. The highest BCUT2D eigenvalue weighted by molar-refractivity contribution is 8.00. The standard InChI is InChI=1S/C25H24N2O2S/c1-17-7-6-10-22(18(17)2)27-24(29)16-30-25(27)20-11-13-21(14-12-20)26-23(28)15-19-8-4-3-5-9-19/h3-14,25H,15-16H2,1-2H3,(H,26,28)/t25-/m1/s1. The molecule has 0 unspecified atom stereocenters. The first-order valence-electron chi connectivity index (χ1n) is 9.96. The average Bonchev–Trinajstić information content (AvgIpc) is 3.12. The number of hydrogen-bond donors (Lipinski definition) is 1. The molecule has 1 saturated heterocycles. The summed E-state index contributed by atoms with van der Waals surface area (Å²) in [6, 6.07) is 23.6. The minimum atomic E-state index is -0.0629. The Balaban J connectivity index is 1.49. The summed E-state index contributed by atoms with van der Waals surface area (Å²) in [5.74, 6) is 0.545. The average molecular weight is 417 g/mol. The van der Waals surface area contributed by atoms with E-state index in [4.69, 9.17) is 0 Å². The first-order chi connectivity index (χ1) is 14.5. The van der Waals surface area contributed by atoms with E-state index in [9.17, 15) is 9.59 Å². The van der Waals surface area contributed by atoms with Crippen LogP contribution in [0.15, 0.2) is 72.8 Å². The summed E-state index contributed by atoms with van der Waals surface area (Å²) in [5.41, 5.74) is 6.06. The number of benzene rings is 3. The van der Waals surface area contributed by atoms with Crippen molar-refractivity contribution in [3.05, 3.63) is 95.1 Å². The van der Waals surface area contributed by atoms with Gasteiger partial charge in [-0.25, -0.2) is 0 Å². The van der Waals surface area contributed by atoms with Crippen molar-refractivity contribution < 1.29 is 9.59 Å². The van der Waals surface area contributed by atoms with Crippen LogP contribution in [0.1, 0.15) is 27.6 Å². The molecule has 1 aliphatic rings. The van der Waals surface area contributed by atoms with E-state index in [1.54, 1.807) is 11.8 Å². The molecule has 0 spiro atoms. The molecule has 1 fully saturated rings. The first kappa shape index (κ1) is 20.2. The molecule has 3 aromatic rings. The molecule has 4 nitrogen and oxygen atoms in total. The Morgan fingerprint density at radius 1 is 1.00 bits per heavy atom. The van der Waals surface area contributed by atoms with Gasteiger partial charge in [-0.3, -0.25) is 14.5 Å². The van der Waals surface area contributed by atoms with Crippen LogP contribution in [0.3, 0.4) is 0 Å². The van der Waals surface area contributed by atoms with E-state index in [-0.39, 0.29) is 17.2 Å². The van der Waals surface area contributed by atoms with Crippen LogP contribution in [-0.4, -0.2) is 17.6 Å². The Morgan fingerprint density at radius 3 is 2.47 bits per heavy atom. The Bertz CT molecular complexity index is 1060. The van der Waals surface area contributed by atoms with Crippen LogP contribution in [-0.2, 0) is 16.0 Å². The number of carbonyl (C=O) groups excluding carboxylic acids is 2. The van der Waals surface area contributed by atoms with Gasteiger partial charge in [0.2, 0.25) is 11.8 Å². The maximum absolute atomic E-state index is 12.7. The third-order valence-electron chi connectivity index (χ3n) is 5.39. The quantitative estimate of drug-likeness (QED) is 0.617. The summed E-state index contributed by atoms with van der Waals surface area (Å²) in [6.45, 7) is 4.12. The summed E-state index contributed by atoms with van der Waals surface area (Å²) >= 11 is 1.63. The maximum Gasteiger partial charge on any atom is 0.238 e. The number of aryl methyl sites for hydroxylation is 1. The minimum Gasteiger partial charge on any atom is -0.326 e. The van der Waals surface area contributed by atoms with E-state index >= 15 is 0 Å². The molecule has 1 aliphatic heterocycles. The van der Waals surface area contributed by atoms with Crippen molar-refractivity contribution in [3.8, 4) is 0 Å². The first-order valence-corrected chi connectivity index (χ1v) is 11.0. The van der Waals surface area contributed by atoms with E-state index in [1.165, 1.54) is 5.56 Å². The molecular weight excluding hydrogens is 392 g/mol. The van der Waals surface area contributed by atoms with Crippen molar-refractivity contribution in [2.75, 3.05) is 16.0 Å². The van der Waals surface area contributed by atoms with Crippen LogP contribution in [0.4, 0.5) is 11.4 Å². The van der Waals surface area contributed by atoms with E-state index < -0.39 is 0 Å². The lowest BCUT2D eigenvalue weighted by atomic mass is 10.1. The topological polar surface area (TPSA) is 49.4 Å². The van der Waals surface area contributed by atoms with Gasteiger partial charge in [-0.05, 0) is 54.3 Å². The fourth-order valence-corrected chi connectivity index (χ4v) is 4.81. The zero-order chi connectivity index (χ0) is 21.1. The van der Waals surface area contributed by atoms with Gasteiger partial charge < -0.3 is 5.32 Å². The number of nitrogens with zero attached hydrogens (tertiary/aromatic N) is 1.